The number of pyridine rings is 1. The van der Waals surface area contributed by atoms with E-state index in [4.69, 9.17) is 5.84 Å². The second-order valence-electron chi connectivity index (χ2n) is 4.14. The fraction of sp³-hybridized carbons (Fsp3) is 0.214. The highest BCUT2D eigenvalue weighted by molar-refractivity contribution is 7.98. The van der Waals surface area contributed by atoms with Crippen LogP contribution in [0.3, 0.4) is 0 Å². The number of nitrogens with one attached hydrogen (secondary N) is 1. The summed E-state index contributed by atoms with van der Waals surface area (Å²) in [5, 5.41) is 0. The first-order valence-corrected chi connectivity index (χ1v) is 6.99. The number of nitrogens with zero attached hydrogens (tertiary/aromatic N) is 1. The first-order chi connectivity index (χ1) is 8.76. The van der Waals surface area contributed by atoms with Crippen LogP contribution in [-0.4, -0.2) is 11.2 Å². The van der Waals surface area contributed by atoms with Gasteiger partial charge in [-0.25, -0.2) is 5.43 Å². The van der Waals surface area contributed by atoms with Gasteiger partial charge in [0.1, 0.15) is 0 Å². The van der Waals surface area contributed by atoms with Gasteiger partial charge in [0, 0.05) is 17.3 Å². The minimum absolute atomic E-state index is 0.0268. The Morgan fingerprint density at radius 1 is 1.28 bits per heavy atom. The molecule has 1 aromatic carbocycles. The maximum absolute atomic E-state index is 5.72. The lowest BCUT2D eigenvalue weighted by Gasteiger charge is -2.19. The van der Waals surface area contributed by atoms with Crippen molar-refractivity contribution in [2.45, 2.75) is 17.9 Å². The highest BCUT2D eigenvalue weighted by Crippen LogP contribution is 2.29. The molecule has 0 saturated carbocycles. The van der Waals surface area contributed by atoms with Crippen LogP contribution < -0.4 is 11.3 Å². The van der Waals surface area contributed by atoms with Crippen molar-refractivity contribution in [3.63, 3.8) is 0 Å². The Labute approximate surface area is 112 Å². The standard InChI is InChI=1S/C14H17N3S/c1-10-7-11(9-16-8-10)14(17-15)12-5-3-4-6-13(12)18-2/h3-9,14,17H,15H2,1-2H3. The molecule has 1 unspecified atom stereocenters. The van der Waals surface area contributed by atoms with Crippen molar-refractivity contribution < 1.29 is 0 Å². The van der Waals surface area contributed by atoms with Gasteiger partial charge in [-0.2, -0.15) is 0 Å². The van der Waals surface area contributed by atoms with Crippen LogP contribution in [-0.2, 0) is 0 Å². The van der Waals surface area contributed by atoms with Gasteiger partial charge in [0.05, 0.1) is 6.04 Å². The average Bonchev–Trinajstić information content (AvgIpc) is 2.40. The van der Waals surface area contributed by atoms with Gasteiger partial charge < -0.3 is 0 Å². The molecule has 0 aliphatic heterocycles. The molecule has 2 rings (SSSR count). The van der Waals surface area contributed by atoms with Gasteiger partial charge in [-0.15, -0.1) is 11.8 Å². The Kier molecular flexibility index (Phi) is 4.36. The van der Waals surface area contributed by atoms with E-state index in [0.29, 0.717) is 0 Å². The van der Waals surface area contributed by atoms with Gasteiger partial charge in [-0.1, -0.05) is 24.3 Å². The molecule has 0 aliphatic rings. The van der Waals surface area contributed by atoms with Gasteiger partial charge in [-0.3, -0.25) is 10.8 Å². The third-order valence-corrected chi connectivity index (χ3v) is 3.66. The summed E-state index contributed by atoms with van der Waals surface area (Å²) in [6.07, 6.45) is 5.77. The predicted molar refractivity (Wildman–Crippen MR) is 76.4 cm³/mol. The van der Waals surface area contributed by atoms with Crippen molar-refractivity contribution in [3.05, 3.63) is 59.4 Å². The second kappa shape index (κ2) is 6.00. The normalized spacial score (nSPS) is 12.4. The largest absolute Gasteiger partial charge is 0.271 e. The minimum atomic E-state index is -0.0268. The van der Waals surface area contributed by atoms with Crippen LogP contribution in [0.1, 0.15) is 22.7 Å². The number of nitrogens with two attached hydrogens (primary N) is 1. The molecule has 1 atom stereocenters. The van der Waals surface area contributed by atoms with E-state index < -0.39 is 0 Å². The predicted octanol–water partition coefficient (Wildman–Crippen LogP) is 2.66. The van der Waals surface area contributed by atoms with Crippen molar-refractivity contribution >= 4 is 11.8 Å². The van der Waals surface area contributed by atoms with Crippen LogP contribution >= 0.6 is 11.8 Å². The molecular formula is C14H17N3S. The quantitative estimate of drug-likeness (QED) is 0.503. The van der Waals surface area contributed by atoms with Crippen molar-refractivity contribution in [2.24, 2.45) is 5.84 Å². The zero-order valence-corrected chi connectivity index (χ0v) is 11.4. The lowest BCUT2D eigenvalue weighted by atomic mass is 10.00. The van der Waals surface area contributed by atoms with Crippen molar-refractivity contribution in [1.29, 1.82) is 0 Å². The molecular weight excluding hydrogens is 242 g/mol. The van der Waals surface area contributed by atoms with E-state index in [1.807, 2.05) is 31.5 Å². The van der Waals surface area contributed by atoms with Gasteiger partial charge in [0.15, 0.2) is 0 Å². The van der Waals surface area contributed by atoms with Crippen molar-refractivity contribution in [3.8, 4) is 0 Å². The van der Waals surface area contributed by atoms with Gasteiger partial charge in [-0.05, 0) is 35.9 Å². The molecule has 18 heavy (non-hydrogen) atoms. The molecule has 3 nitrogen and oxygen atoms in total. The molecule has 0 fully saturated rings. The number of thioether (sulfide) groups is 1. The maximum atomic E-state index is 5.72. The zero-order valence-electron chi connectivity index (χ0n) is 10.6. The van der Waals surface area contributed by atoms with E-state index >= 15 is 0 Å². The first-order valence-electron chi connectivity index (χ1n) is 5.77. The number of hydrogen-bond donors (Lipinski definition) is 2. The Balaban J connectivity index is 2.45. The molecule has 0 saturated heterocycles. The monoisotopic (exact) mass is 259 g/mol. The molecule has 0 bridgehead atoms. The van der Waals surface area contributed by atoms with Gasteiger partial charge in [0.25, 0.3) is 0 Å². The number of aryl methyl sites for hydroxylation is 1. The fourth-order valence-corrected chi connectivity index (χ4v) is 2.64. The van der Waals surface area contributed by atoms with E-state index in [-0.39, 0.29) is 6.04 Å². The highest BCUT2D eigenvalue weighted by Gasteiger charge is 2.15. The lowest BCUT2D eigenvalue weighted by molar-refractivity contribution is 0.625. The number of hydrazine groups is 1. The van der Waals surface area contributed by atoms with Crippen molar-refractivity contribution in [1.82, 2.24) is 10.4 Å². The Hall–Kier alpha value is -1.36. The molecule has 1 aromatic heterocycles. The molecule has 2 aromatic rings. The summed E-state index contributed by atoms with van der Waals surface area (Å²) < 4.78 is 0. The summed E-state index contributed by atoms with van der Waals surface area (Å²) in [6.45, 7) is 2.03. The second-order valence-corrected chi connectivity index (χ2v) is 4.99. The zero-order chi connectivity index (χ0) is 13.0. The fourth-order valence-electron chi connectivity index (χ4n) is 2.01. The summed E-state index contributed by atoms with van der Waals surface area (Å²) >= 11 is 1.72. The Morgan fingerprint density at radius 3 is 2.72 bits per heavy atom. The molecule has 0 spiro atoms. The third kappa shape index (κ3) is 2.72. The maximum Gasteiger partial charge on any atom is 0.0735 e. The number of rotatable bonds is 4. The van der Waals surface area contributed by atoms with Crippen LogP contribution in [0.5, 0.6) is 0 Å². The van der Waals surface area contributed by atoms with E-state index in [2.05, 4.69) is 34.9 Å². The third-order valence-electron chi connectivity index (χ3n) is 2.85. The van der Waals surface area contributed by atoms with E-state index in [1.165, 1.54) is 10.5 Å². The highest BCUT2D eigenvalue weighted by atomic mass is 32.2. The number of benzene rings is 1. The molecule has 0 amide bonds. The first kappa shape index (κ1) is 13.1. The molecule has 0 aliphatic carbocycles. The minimum Gasteiger partial charge on any atom is -0.271 e. The SMILES string of the molecule is CSc1ccccc1C(NN)c1cncc(C)c1. The molecule has 0 radical (unpaired) electrons. The molecule has 3 N–H and O–H groups in total. The number of aromatic nitrogens is 1. The van der Waals surface area contributed by atoms with Crippen LogP contribution in [0.4, 0.5) is 0 Å². The summed E-state index contributed by atoms with van der Waals surface area (Å²) in [6, 6.07) is 10.3. The van der Waals surface area contributed by atoms with Crippen LogP contribution in [0.25, 0.3) is 0 Å². The van der Waals surface area contributed by atoms with E-state index in [1.54, 1.807) is 11.8 Å². The smallest absolute Gasteiger partial charge is 0.0735 e. The Morgan fingerprint density at radius 2 is 2.06 bits per heavy atom. The summed E-state index contributed by atoms with van der Waals surface area (Å²) in [5.74, 6) is 5.72. The molecule has 94 valence electrons. The topological polar surface area (TPSA) is 50.9 Å². The van der Waals surface area contributed by atoms with Gasteiger partial charge in [0.2, 0.25) is 0 Å². The molecule has 1 heterocycles. The summed E-state index contributed by atoms with van der Waals surface area (Å²) in [5.41, 5.74) is 6.28. The van der Waals surface area contributed by atoms with Crippen LogP contribution in [0.15, 0.2) is 47.6 Å². The van der Waals surface area contributed by atoms with E-state index in [0.717, 1.165) is 11.1 Å². The van der Waals surface area contributed by atoms with Crippen LogP contribution in [0.2, 0.25) is 0 Å². The van der Waals surface area contributed by atoms with E-state index in [9.17, 15) is 0 Å². The lowest BCUT2D eigenvalue weighted by Crippen LogP contribution is -2.29. The number of hydrogen-bond acceptors (Lipinski definition) is 4. The summed E-state index contributed by atoms with van der Waals surface area (Å²) in [4.78, 5) is 5.46. The summed E-state index contributed by atoms with van der Waals surface area (Å²) in [7, 11) is 0. The van der Waals surface area contributed by atoms with Gasteiger partial charge >= 0.3 is 0 Å². The average molecular weight is 259 g/mol. The Bertz CT molecular complexity index is 528. The van der Waals surface area contributed by atoms with Crippen LogP contribution in [0, 0.1) is 6.92 Å². The van der Waals surface area contributed by atoms with Crippen molar-refractivity contribution in [2.75, 3.05) is 6.26 Å². The molecule has 4 heteroatoms.